The number of methoxy groups -OCH3 is 1. The van der Waals surface area contributed by atoms with E-state index in [1.165, 1.54) is 7.11 Å². The van der Waals surface area contributed by atoms with E-state index in [0.717, 1.165) is 0 Å². The molecule has 2 rings (SSSR count). The van der Waals surface area contributed by atoms with Gasteiger partial charge in [0.2, 0.25) is 6.79 Å². The van der Waals surface area contributed by atoms with Crippen LogP contribution in [0.15, 0.2) is 12.1 Å². The van der Waals surface area contributed by atoms with Gasteiger partial charge in [-0.15, -0.1) is 0 Å². The summed E-state index contributed by atoms with van der Waals surface area (Å²) in [5.41, 5.74) is 0.924. The summed E-state index contributed by atoms with van der Waals surface area (Å²) >= 11 is 0. The van der Waals surface area contributed by atoms with E-state index in [-0.39, 0.29) is 6.79 Å². The maximum atomic E-state index is 11.9. The molecule has 6 nitrogen and oxygen atoms in total. The van der Waals surface area contributed by atoms with Gasteiger partial charge in [0, 0.05) is 18.8 Å². The van der Waals surface area contributed by atoms with Gasteiger partial charge in [-0.2, -0.15) is 0 Å². The van der Waals surface area contributed by atoms with Gasteiger partial charge in [-0.3, -0.25) is 0 Å². The second-order valence-electron chi connectivity index (χ2n) is 4.03. The number of rotatable bonds is 6. The molecule has 1 aromatic rings. The highest BCUT2D eigenvalue weighted by atomic mass is 16.7. The van der Waals surface area contributed by atoms with Crippen molar-refractivity contribution in [2.24, 2.45) is 0 Å². The lowest BCUT2D eigenvalue weighted by atomic mass is 10.1. The van der Waals surface area contributed by atoms with Crippen LogP contribution < -0.4 is 9.47 Å². The standard InChI is InChI=1S/C14H18O6/c1-4-17-14(18-5-2)10-7-12-11(19-8-20-12)6-9(10)13(15)16-3/h6-7,14H,4-5,8H2,1-3H3. The van der Waals surface area contributed by atoms with E-state index in [4.69, 9.17) is 23.7 Å². The number of hydrogen-bond acceptors (Lipinski definition) is 6. The zero-order chi connectivity index (χ0) is 14.5. The van der Waals surface area contributed by atoms with Gasteiger partial charge < -0.3 is 23.7 Å². The van der Waals surface area contributed by atoms with Gasteiger partial charge in [0.25, 0.3) is 0 Å². The second-order valence-corrected chi connectivity index (χ2v) is 4.03. The summed E-state index contributed by atoms with van der Waals surface area (Å²) in [4.78, 5) is 11.9. The van der Waals surface area contributed by atoms with E-state index in [1.807, 2.05) is 13.8 Å². The number of hydrogen-bond donors (Lipinski definition) is 0. The molecule has 110 valence electrons. The maximum Gasteiger partial charge on any atom is 0.338 e. The first-order chi connectivity index (χ1) is 9.71. The third-order valence-electron chi connectivity index (χ3n) is 2.84. The van der Waals surface area contributed by atoms with Crippen molar-refractivity contribution in [2.45, 2.75) is 20.1 Å². The number of esters is 1. The molecule has 20 heavy (non-hydrogen) atoms. The molecular weight excluding hydrogens is 264 g/mol. The highest BCUT2D eigenvalue weighted by Gasteiger charge is 2.26. The average molecular weight is 282 g/mol. The molecular formula is C14H18O6. The van der Waals surface area contributed by atoms with Crippen molar-refractivity contribution in [3.05, 3.63) is 23.3 Å². The monoisotopic (exact) mass is 282 g/mol. The minimum atomic E-state index is -0.645. The molecule has 1 heterocycles. The topological polar surface area (TPSA) is 63.2 Å². The Labute approximate surface area is 117 Å². The van der Waals surface area contributed by atoms with Gasteiger partial charge in [-0.25, -0.2) is 4.79 Å². The Bertz CT molecular complexity index is 479. The molecule has 0 radical (unpaired) electrons. The van der Waals surface area contributed by atoms with Gasteiger partial charge in [0.05, 0.1) is 12.7 Å². The summed E-state index contributed by atoms with van der Waals surface area (Å²) in [6.45, 7) is 4.76. The fourth-order valence-electron chi connectivity index (χ4n) is 1.97. The van der Waals surface area contributed by atoms with E-state index < -0.39 is 12.3 Å². The number of ether oxygens (including phenoxy) is 5. The minimum Gasteiger partial charge on any atom is -0.465 e. The zero-order valence-corrected chi connectivity index (χ0v) is 11.8. The molecule has 0 spiro atoms. The van der Waals surface area contributed by atoms with Crippen LogP contribution >= 0.6 is 0 Å². The molecule has 0 aliphatic carbocycles. The Hall–Kier alpha value is -1.79. The Morgan fingerprint density at radius 1 is 1.20 bits per heavy atom. The number of benzene rings is 1. The van der Waals surface area contributed by atoms with Gasteiger partial charge in [-0.1, -0.05) is 0 Å². The van der Waals surface area contributed by atoms with Crippen LogP contribution in [0.5, 0.6) is 11.5 Å². The lowest BCUT2D eigenvalue weighted by Crippen LogP contribution is -2.14. The molecule has 0 N–H and O–H groups in total. The Morgan fingerprint density at radius 2 is 1.80 bits per heavy atom. The van der Waals surface area contributed by atoms with E-state index >= 15 is 0 Å². The third kappa shape index (κ3) is 2.86. The molecule has 0 unspecified atom stereocenters. The summed E-state index contributed by atoms with van der Waals surface area (Å²) < 4.78 is 26.5. The van der Waals surface area contributed by atoms with Crippen molar-refractivity contribution in [1.29, 1.82) is 0 Å². The van der Waals surface area contributed by atoms with Gasteiger partial charge in [-0.05, 0) is 26.0 Å². The molecule has 0 amide bonds. The third-order valence-corrected chi connectivity index (χ3v) is 2.84. The van der Waals surface area contributed by atoms with Crippen LogP contribution in [0.25, 0.3) is 0 Å². The summed E-state index contributed by atoms with van der Waals surface area (Å²) in [5.74, 6) is 0.612. The van der Waals surface area contributed by atoms with Crippen LogP contribution in [-0.2, 0) is 14.2 Å². The van der Waals surface area contributed by atoms with Crippen LogP contribution in [0.2, 0.25) is 0 Å². The van der Waals surface area contributed by atoms with E-state index in [2.05, 4.69) is 0 Å². The van der Waals surface area contributed by atoms with Crippen molar-refractivity contribution in [1.82, 2.24) is 0 Å². The van der Waals surface area contributed by atoms with Crippen LogP contribution in [0.4, 0.5) is 0 Å². The molecule has 6 heteroatoms. The average Bonchev–Trinajstić information content (AvgIpc) is 2.92. The highest BCUT2D eigenvalue weighted by Crippen LogP contribution is 2.38. The molecule has 1 aliphatic heterocycles. The van der Waals surface area contributed by atoms with Crippen LogP contribution in [0.3, 0.4) is 0 Å². The van der Waals surface area contributed by atoms with Crippen molar-refractivity contribution in [3.8, 4) is 11.5 Å². The lowest BCUT2D eigenvalue weighted by Gasteiger charge is -2.20. The van der Waals surface area contributed by atoms with Gasteiger partial charge in [0.15, 0.2) is 17.8 Å². The van der Waals surface area contributed by atoms with Gasteiger partial charge >= 0.3 is 5.97 Å². The number of carbonyl (C=O) groups is 1. The zero-order valence-electron chi connectivity index (χ0n) is 11.8. The van der Waals surface area contributed by atoms with E-state index in [0.29, 0.717) is 35.8 Å². The first-order valence-corrected chi connectivity index (χ1v) is 6.46. The summed E-state index contributed by atoms with van der Waals surface area (Å²) in [6, 6.07) is 3.29. The SMILES string of the molecule is CCOC(OCC)c1cc2c(cc1C(=O)OC)OCO2. The predicted molar refractivity (Wildman–Crippen MR) is 69.9 cm³/mol. The molecule has 0 atom stereocenters. The molecule has 1 aromatic carbocycles. The minimum absolute atomic E-state index is 0.132. The largest absolute Gasteiger partial charge is 0.465 e. The van der Waals surface area contributed by atoms with Crippen LogP contribution in [0, 0.1) is 0 Å². The quantitative estimate of drug-likeness (QED) is 0.589. The summed E-state index contributed by atoms with van der Waals surface area (Å²) in [5, 5.41) is 0. The van der Waals surface area contributed by atoms with Crippen LogP contribution in [-0.4, -0.2) is 33.1 Å². The van der Waals surface area contributed by atoms with Crippen molar-refractivity contribution < 1.29 is 28.5 Å². The molecule has 0 aromatic heterocycles. The summed E-state index contributed by atoms with van der Waals surface area (Å²) in [6.07, 6.45) is -0.645. The fourth-order valence-corrected chi connectivity index (χ4v) is 1.97. The molecule has 0 fully saturated rings. The number of fused-ring (bicyclic) bond motifs is 1. The maximum absolute atomic E-state index is 11.9. The Morgan fingerprint density at radius 3 is 2.35 bits per heavy atom. The highest BCUT2D eigenvalue weighted by molar-refractivity contribution is 5.92. The fraction of sp³-hybridized carbons (Fsp3) is 0.500. The first-order valence-electron chi connectivity index (χ1n) is 6.46. The van der Waals surface area contributed by atoms with Gasteiger partial charge in [0.1, 0.15) is 0 Å². The summed E-state index contributed by atoms with van der Waals surface area (Å²) in [7, 11) is 1.33. The Kier molecular flexibility index (Phi) is 4.81. The van der Waals surface area contributed by atoms with Crippen molar-refractivity contribution in [2.75, 3.05) is 27.1 Å². The van der Waals surface area contributed by atoms with Crippen molar-refractivity contribution >= 4 is 5.97 Å². The van der Waals surface area contributed by atoms with E-state index in [9.17, 15) is 4.79 Å². The lowest BCUT2D eigenvalue weighted by molar-refractivity contribution is -0.140. The predicted octanol–water partition coefficient (Wildman–Crippen LogP) is 2.27. The normalized spacial score (nSPS) is 12.8. The molecule has 1 aliphatic rings. The first kappa shape index (κ1) is 14.6. The Balaban J connectivity index is 2.44. The van der Waals surface area contributed by atoms with Crippen LogP contribution in [0.1, 0.15) is 36.1 Å². The molecule has 0 saturated heterocycles. The smallest absolute Gasteiger partial charge is 0.338 e. The number of carbonyl (C=O) groups excluding carboxylic acids is 1. The molecule has 0 bridgehead atoms. The van der Waals surface area contributed by atoms with E-state index in [1.54, 1.807) is 12.1 Å². The molecule has 0 saturated carbocycles. The van der Waals surface area contributed by atoms with Crippen molar-refractivity contribution in [3.63, 3.8) is 0 Å². The second kappa shape index (κ2) is 6.58.